The van der Waals surface area contributed by atoms with Crippen LogP contribution in [0.2, 0.25) is 0 Å². The summed E-state index contributed by atoms with van der Waals surface area (Å²) in [6.45, 7) is 5.48. The molecule has 4 rings (SSSR count). The van der Waals surface area contributed by atoms with Crippen molar-refractivity contribution in [3.05, 3.63) is 101 Å². The lowest BCUT2D eigenvalue weighted by atomic mass is 9.94. The molecule has 3 aromatic rings. The van der Waals surface area contributed by atoms with Crippen LogP contribution in [-0.4, -0.2) is 50.0 Å². The highest BCUT2D eigenvalue weighted by molar-refractivity contribution is 7.92. The molecule has 1 N–H and O–H groups in total. The predicted molar refractivity (Wildman–Crippen MR) is 169 cm³/mol. The van der Waals surface area contributed by atoms with Gasteiger partial charge in [-0.3, -0.25) is 13.9 Å². The molecule has 8 heteroatoms. The molecule has 224 valence electrons. The molecule has 1 aliphatic carbocycles. The quantitative estimate of drug-likeness (QED) is 0.322. The fourth-order valence-corrected chi connectivity index (χ4v) is 6.59. The van der Waals surface area contributed by atoms with Gasteiger partial charge in [-0.25, -0.2) is 8.42 Å². The first-order chi connectivity index (χ1) is 20.0. The third-order valence-electron chi connectivity index (χ3n) is 7.97. The molecule has 2 amide bonds. The van der Waals surface area contributed by atoms with Crippen molar-refractivity contribution >= 4 is 27.5 Å². The number of nitrogens with zero attached hydrogens (tertiary/aromatic N) is 2. The molecule has 1 saturated carbocycles. The van der Waals surface area contributed by atoms with E-state index in [0.717, 1.165) is 66.2 Å². The smallest absolute Gasteiger partial charge is 0.244 e. The number of hydrogen-bond acceptors (Lipinski definition) is 4. The summed E-state index contributed by atoms with van der Waals surface area (Å²) in [6, 6.07) is 22.3. The second-order valence-electron chi connectivity index (χ2n) is 11.6. The van der Waals surface area contributed by atoms with E-state index in [1.54, 1.807) is 11.0 Å². The number of amides is 2. The fraction of sp³-hybridized carbons (Fsp3) is 0.412. The second-order valence-corrected chi connectivity index (χ2v) is 13.5. The lowest BCUT2D eigenvalue weighted by Crippen LogP contribution is -2.55. The lowest BCUT2D eigenvalue weighted by molar-refractivity contribution is -0.140. The van der Waals surface area contributed by atoms with Gasteiger partial charge in [0.2, 0.25) is 21.8 Å². The monoisotopic (exact) mass is 589 g/mol. The third-order valence-corrected chi connectivity index (χ3v) is 9.10. The molecule has 0 radical (unpaired) electrons. The summed E-state index contributed by atoms with van der Waals surface area (Å²) in [5, 5.41) is 3.24. The second kappa shape index (κ2) is 14.0. The zero-order valence-electron chi connectivity index (χ0n) is 25.2. The van der Waals surface area contributed by atoms with E-state index in [2.05, 4.69) is 5.32 Å². The fourth-order valence-electron chi connectivity index (χ4n) is 5.69. The average Bonchev–Trinajstić information content (AvgIpc) is 2.95. The maximum atomic E-state index is 14.3. The highest BCUT2D eigenvalue weighted by Crippen LogP contribution is 2.25. The minimum Gasteiger partial charge on any atom is -0.352 e. The summed E-state index contributed by atoms with van der Waals surface area (Å²) >= 11 is 0. The molecule has 0 saturated heterocycles. The maximum Gasteiger partial charge on any atom is 0.244 e. The van der Waals surface area contributed by atoms with Crippen molar-refractivity contribution in [2.75, 3.05) is 17.1 Å². The molecule has 0 heterocycles. The molecular formula is C34H43N3O4S. The average molecular weight is 590 g/mol. The van der Waals surface area contributed by atoms with E-state index in [1.165, 1.54) is 4.31 Å². The van der Waals surface area contributed by atoms with E-state index < -0.39 is 28.5 Å². The SMILES string of the molecule is Cc1cccc(CN(C(=O)CN(c2cc(C)ccc2C)S(C)(=O)=O)C(Cc2ccccc2)C(=O)NC2CCCCC2)c1. The van der Waals surface area contributed by atoms with Gasteiger partial charge in [-0.1, -0.05) is 91.6 Å². The van der Waals surface area contributed by atoms with Crippen LogP contribution >= 0.6 is 0 Å². The number of aryl methyl sites for hydroxylation is 3. The maximum absolute atomic E-state index is 14.3. The summed E-state index contributed by atoms with van der Waals surface area (Å²) in [5.74, 6) is -0.632. The van der Waals surface area contributed by atoms with Gasteiger partial charge in [-0.05, 0) is 61.9 Å². The number of anilines is 1. The topological polar surface area (TPSA) is 86.8 Å². The van der Waals surface area contributed by atoms with E-state index >= 15 is 0 Å². The Bertz CT molecular complexity index is 1480. The van der Waals surface area contributed by atoms with Crippen LogP contribution in [0.3, 0.4) is 0 Å². The van der Waals surface area contributed by atoms with Crippen LogP contribution < -0.4 is 9.62 Å². The third kappa shape index (κ3) is 8.44. The van der Waals surface area contributed by atoms with Gasteiger partial charge in [0, 0.05) is 19.0 Å². The largest absolute Gasteiger partial charge is 0.352 e. The molecule has 3 aromatic carbocycles. The molecule has 0 aliphatic heterocycles. The Morgan fingerprint density at radius 2 is 1.52 bits per heavy atom. The number of carbonyl (C=O) groups is 2. The normalized spacial score (nSPS) is 14.7. The molecule has 1 fully saturated rings. The Hall–Kier alpha value is -3.65. The zero-order valence-corrected chi connectivity index (χ0v) is 26.0. The molecule has 0 bridgehead atoms. The minimum absolute atomic E-state index is 0.0721. The molecule has 1 aliphatic rings. The summed E-state index contributed by atoms with van der Waals surface area (Å²) in [6.07, 6.45) is 6.58. The van der Waals surface area contributed by atoms with Crippen LogP contribution in [0.4, 0.5) is 5.69 Å². The number of carbonyl (C=O) groups excluding carboxylic acids is 2. The number of sulfonamides is 1. The number of benzene rings is 3. The Kier molecular flexibility index (Phi) is 10.4. The standard InChI is InChI=1S/C34H43N3O4S/c1-25-12-11-15-29(20-25)23-36(33(38)24-37(42(4,40)41)31-21-26(2)18-19-27(31)3)32(22-28-13-7-5-8-14-28)34(39)35-30-16-9-6-10-17-30/h5,7-8,11-15,18-21,30,32H,6,9-10,16-17,22-24H2,1-4H3,(H,35,39). The van der Waals surface area contributed by atoms with E-state index in [0.29, 0.717) is 12.1 Å². The van der Waals surface area contributed by atoms with E-state index in [-0.39, 0.29) is 18.5 Å². The van der Waals surface area contributed by atoms with E-state index in [9.17, 15) is 18.0 Å². The zero-order chi connectivity index (χ0) is 30.3. The first kappa shape index (κ1) is 31.3. The van der Waals surface area contributed by atoms with Crippen LogP contribution in [0.1, 0.15) is 59.9 Å². The van der Waals surface area contributed by atoms with Crippen molar-refractivity contribution < 1.29 is 18.0 Å². The Morgan fingerprint density at radius 3 is 2.19 bits per heavy atom. The van der Waals surface area contributed by atoms with Crippen molar-refractivity contribution in [1.29, 1.82) is 0 Å². The molecule has 0 aromatic heterocycles. The van der Waals surface area contributed by atoms with Crippen molar-refractivity contribution in [2.24, 2.45) is 0 Å². The van der Waals surface area contributed by atoms with Gasteiger partial charge in [0.1, 0.15) is 12.6 Å². The number of hydrogen-bond donors (Lipinski definition) is 1. The van der Waals surface area contributed by atoms with E-state index in [4.69, 9.17) is 0 Å². The Morgan fingerprint density at radius 1 is 0.857 bits per heavy atom. The molecule has 42 heavy (non-hydrogen) atoms. The van der Waals surface area contributed by atoms with Crippen molar-refractivity contribution in [1.82, 2.24) is 10.2 Å². The van der Waals surface area contributed by atoms with Gasteiger partial charge in [0.15, 0.2) is 0 Å². The summed E-state index contributed by atoms with van der Waals surface area (Å²) in [5.41, 5.74) is 4.95. The lowest BCUT2D eigenvalue weighted by Gasteiger charge is -2.35. The van der Waals surface area contributed by atoms with Gasteiger partial charge in [-0.2, -0.15) is 0 Å². The van der Waals surface area contributed by atoms with Crippen LogP contribution in [-0.2, 0) is 32.6 Å². The van der Waals surface area contributed by atoms with Crippen LogP contribution in [0.5, 0.6) is 0 Å². The summed E-state index contributed by atoms with van der Waals surface area (Å²) in [7, 11) is -3.81. The Balaban J connectivity index is 1.74. The van der Waals surface area contributed by atoms with Gasteiger partial charge >= 0.3 is 0 Å². The highest BCUT2D eigenvalue weighted by atomic mass is 32.2. The van der Waals surface area contributed by atoms with Gasteiger partial charge in [0.25, 0.3) is 0 Å². The molecule has 1 atom stereocenters. The van der Waals surface area contributed by atoms with Gasteiger partial charge < -0.3 is 10.2 Å². The molecule has 7 nitrogen and oxygen atoms in total. The Labute approximate surface area is 251 Å². The van der Waals surface area contributed by atoms with Gasteiger partial charge in [-0.15, -0.1) is 0 Å². The summed E-state index contributed by atoms with van der Waals surface area (Å²) in [4.78, 5) is 29.9. The molecule has 0 spiro atoms. The number of rotatable bonds is 11. The first-order valence-corrected chi connectivity index (χ1v) is 16.6. The highest BCUT2D eigenvalue weighted by Gasteiger charge is 2.34. The first-order valence-electron chi connectivity index (χ1n) is 14.8. The van der Waals surface area contributed by atoms with Crippen molar-refractivity contribution in [3.63, 3.8) is 0 Å². The minimum atomic E-state index is -3.81. The van der Waals surface area contributed by atoms with Crippen molar-refractivity contribution in [2.45, 2.75) is 77.9 Å². The van der Waals surface area contributed by atoms with E-state index in [1.807, 2.05) is 87.5 Å². The molecular weight excluding hydrogens is 546 g/mol. The van der Waals surface area contributed by atoms with Crippen molar-refractivity contribution in [3.8, 4) is 0 Å². The van der Waals surface area contributed by atoms with Crippen LogP contribution in [0.15, 0.2) is 72.8 Å². The predicted octanol–water partition coefficient (Wildman–Crippen LogP) is 5.47. The van der Waals surface area contributed by atoms with Gasteiger partial charge in [0.05, 0.1) is 11.9 Å². The van der Waals surface area contributed by atoms with Crippen LogP contribution in [0.25, 0.3) is 0 Å². The van der Waals surface area contributed by atoms with Crippen LogP contribution in [0, 0.1) is 20.8 Å². The summed E-state index contributed by atoms with van der Waals surface area (Å²) < 4.78 is 27.3. The number of nitrogens with one attached hydrogen (secondary N) is 1. The molecule has 1 unspecified atom stereocenters.